The first kappa shape index (κ1) is 12.5. The molecule has 4 nitrogen and oxygen atoms in total. The molecule has 1 heterocycles. The molecule has 0 saturated carbocycles. The lowest BCUT2D eigenvalue weighted by molar-refractivity contribution is 0.559. The van der Waals surface area contributed by atoms with Crippen LogP contribution < -0.4 is 11.1 Å². The van der Waals surface area contributed by atoms with Crippen LogP contribution in [0.3, 0.4) is 0 Å². The standard InChI is InChI=1S/C11H15ClN2O2S/c12-10-7-8(13)1-2-11(10)14-9-3-5-17(15,16)6-4-9/h1-2,7,9,14H,3-6,13H2. The minimum atomic E-state index is -2.82. The maximum atomic E-state index is 11.3. The quantitative estimate of drug-likeness (QED) is 0.808. The minimum Gasteiger partial charge on any atom is -0.399 e. The van der Waals surface area contributed by atoms with Crippen LogP contribution in [0.15, 0.2) is 18.2 Å². The second-order valence-electron chi connectivity index (χ2n) is 4.31. The third-order valence-corrected chi connectivity index (χ3v) is 4.94. The molecule has 6 heteroatoms. The zero-order valence-corrected chi connectivity index (χ0v) is 10.9. The number of nitrogens with two attached hydrogens (primary N) is 1. The van der Waals surface area contributed by atoms with Gasteiger partial charge in [0.1, 0.15) is 9.84 Å². The van der Waals surface area contributed by atoms with Gasteiger partial charge in [0.2, 0.25) is 0 Å². The first-order chi connectivity index (χ1) is 7.96. The number of hydrogen-bond acceptors (Lipinski definition) is 4. The predicted molar refractivity (Wildman–Crippen MR) is 71.2 cm³/mol. The van der Waals surface area contributed by atoms with Gasteiger partial charge in [-0.15, -0.1) is 0 Å². The van der Waals surface area contributed by atoms with Gasteiger partial charge in [-0.1, -0.05) is 11.6 Å². The molecule has 0 unspecified atom stereocenters. The highest BCUT2D eigenvalue weighted by atomic mass is 35.5. The Morgan fingerprint density at radius 1 is 1.29 bits per heavy atom. The fourth-order valence-corrected chi connectivity index (χ4v) is 3.64. The number of rotatable bonds is 2. The number of benzene rings is 1. The van der Waals surface area contributed by atoms with Crippen molar-refractivity contribution in [3.63, 3.8) is 0 Å². The van der Waals surface area contributed by atoms with Gasteiger partial charge in [0.05, 0.1) is 22.2 Å². The summed E-state index contributed by atoms with van der Waals surface area (Å²) in [5.74, 6) is 0.495. The van der Waals surface area contributed by atoms with Crippen molar-refractivity contribution in [2.45, 2.75) is 18.9 Å². The summed E-state index contributed by atoms with van der Waals surface area (Å²) in [4.78, 5) is 0. The smallest absolute Gasteiger partial charge is 0.150 e. The predicted octanol–water partition coefficient (Wildman–Crippen LogP) is 1.91. The molecule has 1 aliphatic rings. The second-order valence-corrected chi connectivity index (χ2v) is 7.02. The molecule has 0 spiro atoms. The van der Waals surface area contributed by atoms with Crippen LogP contribution >= 0.6 is 11.6 Å². The zero-order chi connectivity index (χ0) is 12.5. The van der Waals surface area contributed by atoms with Crippen LogP contribution in [-0.4, -0.2) is 26.0 Å². The van der Waals surface area contributed by atoms with Crippen molar-refractivity contribution in [1.29, 1.82) is 0 Å². The van der Waals surface area contributed by atoms with Crippen LogP contribution in [0, 0.1) is 0 Å². The molecule has 1 fully saturated rings. The Morgan fingerprint density at radius 2 is 1.94 bits per heavy atom. The molecule has 1 aromatic carbocycles. The Labute approximate surface area is 106 Å². The minimum absolute atomic E-state index is 0.166. The summed E-state index contributed by atoms with van der Waals surface area (Å²) in [6.45, 7) is 0. The van der Waals surface area contributed by atoms with E-state index in [1.54, 1.807) is 12.1 Å². The van der Waals surface area contributed by atoms with Crippen LogP contribution in [0.2, 0.25) is 5.02 Å². The van der Waals surface area contributed by atoms with Gasteiger partial charge in [0, 0.05) is 11.7 Å². The summed E-state index contributed by atoms with van der Waals surface area (Å²) >= 11 is 6.04. The molecule has 1 aromatic rings. The van der Waals surface area contributed by atoms with Gasteiger partial charge in [-0.3, -0.25) is 0 Å². The molecule has 3 N–H and O–H groups in total. The average Bonchev–Trinajstić information content (AvgIpc) is 2.25. The molecule has 1 saturated heterocycles. The van der Waals surface area contributed by atoms with E-state index in [4.69, 9.17) is 17.3 Å². The fraction of sp³-hybridized carbons (Fsp3) is 0.455. The number of anilines is 2. The van der Waals surface area contributed by atoms with E-state index in [0.29, 0.717) is 23.6 Å². The van der Waals surface area contributed by atoms with Gasteiger partial charge in [-0.2, -0.15) is 0 Å². The summed E-state index contributed by atoms with van der Waals surface area (Å²) in [6.07, 6.45) is 1.26. The Balaban J connectivity index is 2.02. The maximum Gasteiger partial charge on any atom is 0.150 e. The lowest BCUT2D eigenvalue weighted by Crippen LogP contribution is -2.32. The third-order valence-electron chi connectivity index (χ3n) is 2.91. The van der Waals surface area contributed by atoms with Gasteiger partial charge in [0.25, 0.3) is 0 Å². The molecule has 0 bridgehead atoms. The molecule has 0 radical (unpaired) electrons. The zero-order valence-electron chi connectivity index (χ0n) is 9.32. The van der Waals surface area contributed by atoms with Crippen LogP contribution in [0.1, 0.15) is 12.8 Å². The number of halogens is 1. The molecule has 0 aliphatic carbocycles. The van der Waals surface area contributed by atoms with E-state index >= 15 is 0 Å². The number of hydrogen-bond donors (Lipinski definition) is 2. The molecule has 0 aromatic heterocycles. The molecule has 17 heavy (non-hydrogen) atoms. The third kappa shape index (κ3) is 3.26. The first-order valence-electron chi connectivity index (χ1n) is 5.48. The number of sulfone groups is 1. The van der Waals surface area contributed by atoms with Crippen molar-refractivity contribution in [3.8, 4) is 0 Å². The van der Waals surface area contributed by atoms with Crippen molar-refractivity contribution in [3.05, 3.63) is 23.2 Å². The Bertz CT molecular complexity index is 502. The maximum absolute atomic E-state index is 11.3. The summed E-state index contributed by atoms with van der Waals surface area (Å²) < 4.78 is 22.6. The fourth-order valence-electron chi connectivity index (χ4n) is 1.90. The summed E-state index contributed by atoms with van der Waals surface area (Å²) in [7, 11) is -2.82. The van der Waals surface area contributed by atoms with E-state index in [1.165, 1.54) is 0 Å². The SMILES string of the molecule is Nc1ccc(NC2CCS(=O)(=O)CC2)c(Cl)c1. The molecule has 94 valence electrons. The average molecular weight is 275 g/mol. The summed E-state index contributed by atoms with van der Waals surface area (Å²) in [6, 6.07) is 5.44. The normalized spacial score (nSPS) is 20.1. The van der Waals surface area contributed by atoms with Gasteiger partial charge in [-0.05, 0) is 31.0 Å². The van der Waals surface area contributed by atoms with Gasteiger partial charge in [-0.25, -0.2) is 8.42 Å². The molecule has 0 amide bonds. The Hall–Kier alpha value is -0.940. The molecule has 0 atom stereocenters. The van der Waals surface area contributed by atoms with E-state index < -0.39 is 9.84 Å². The van der Waals surface area contributed by atoms with Crippen molar-refractivity contribution in [1.82, 2.24) is 0 Å². The van der Waals surface area contributed by atoms with E-state index in [9.17, 15) is 8.42 Å². The lowest BCUT2D eigenvalue weighted by atomic mass is 10.1. The van der Waals surface area contributed by atoms with Crippen LogP contribution in [0.4, 0.5) is 11.4 Å². The Kier molecular flexibility index (Phi) is 3.49. The summed E-state index contributed by atoms with van der Waals surface area (Å²) in [5, 5.41) is 3.83. The van der Waals surface area contributed by atoms with Crippen LogP contribution in [-0.2, 0) is 9.84 Å². The molecule has 1 aliphatic heterocycles. The van der Waals surface area contributed by atoms with E-state index in [1.807, 2.05) is 6.07 Å². The van der Waals surface area contributed by atoms with Crippen LogP contribution in [0.25, 0.3) is 0 Å². The van der Waals surface area contributed by atoms with Gasteiger partial charge < -0.3 is 11.1 Å². The van der Waals surface area contributed by atoms with Crippen molar-refractivity contribution in [2.24, 2.45) is 0 Å². The monoisotopic (exact) mass is 274 g/mol. The van der Waals surface area contributed by atoms with Gasteiger partial charge in [0.15, 0.2) is 0 Å². The first-order valence-corrected chi connectivity index (χ1v) is 7.68. The van der Waals surface area contributed by atoms with Crippen molar-refractivity contribution in [2.75, 3.05) is 22.6 Å². The topological polar surface area (TPSA) is 72.2 Å². The highest BCUT2D eigenvalue weighted by molar-refractivity contribution is 7.91. The molecule has 2 rings (SSSR count). The highest BCUT2D eigenvalue weighted by Crippen LogP contribution is 2.26. The highest BCUT2D eigenvalue weighted by Gasteiger charge is 2.23. The van der Waals surface area contributed by atoms with Gasteiger partial charge >= 0.3 is 0 Å². The largest absolute Gasteiger partial charge is 0.399 e. The number of nitrogen functional groups attached to an aromatic ring is 1. The number of nitrogens with one attached hydrogen (secondary N) is 1. The second kappa shape index (κ2) is 4.74. The molecular weight excluding hydrogens is 260 g/mol. The van der Waals surface area contributed by atoms with E-state index in [0.717, 1.165) is 5.69 Å². The van der Waals surface area contributed by atoms with Crippen LogP contribution in [0.5, 0.6) is 0 Å². The Morgan fingerprint density at radius 3 is 2.53 bits per heavy atom. The lowest BCUT2D eigenvalue weighted by Gasteiger charge is -2.24. The molecular formula is C11H15ClN2O2S. The van der Waals surface area contributed by atoms with Crippen molar-refractivity contribution < 1.29 is 8.42 Å². The summed E-state index contributed by atoms with van der Waals surface area (Å²) in [5.41, 5.74) is 7.03. The van der Waals surface area contributed by atoms with E-state index in [2.05, 4.69) is 5.32 Å². The van der Waals surface area contributed by atoms with E-state index in [-0.39, 0.29) is 17.5 Å². The van der Waals surface area contributed by atoms with Crippen molar-refractivity contribution >= 4 is 32.8 Å².